The number of nitrogens with two attached hydrogens (primary N) is 1. The van der Waals surface area contributed by atoms with Crippen LogP contribution in [0.5, 0.6) is 0 Å². The van der Waals surface area contributed by atoms with Gasteiger partial charge in [-0.1, -0.05) is 17.7 Å². The molecule has 144 valence electrons. The highest BCUT2D eigenvalue weighted by Gasteiger charge is 2.44. The second-order valence-electron chi connectivity index (χ2n) is 6.61. The number of benzene rings is 1. The number of halogens is 3. The van der Waals surface area contributed by atoms with Crippen LogP contribution in [0.1, 0.15) is 25.6 Å². The Kier molecular flexibility index (Phi) is 4.85. The second kappa shape index (κ2) is 6.72. The Labute approximate surface area is 160 Å². The number of aromatic nitrogens is 1. The van der Waals surface area contributed by atoms with Crippen LogP contribution >= 0.6 is 11.6 Å². The van der Waals surface area contributed by atoms with Gasteiger partial charge in [-0.15, -0.1) is 0 Å². The molecule has 6 nitrogen and oxygen atoms in total. The zero-order chi connectivity index (χ0) is 20.0. The molecule has 0 unspecified atom stereocenters. The largest absolute Gasteiger partial charge is 0.386 e. The third-order valence-corrected chi connectivity index (χ3v) is 7.28. The summed E-state index contributed by atoms with van der Waals surface area (Å²) in [5.74, 6) is -1.85. The molecule has 0 spiro atoms. The number of nitrogens with one attached hydrogen (secondary N) is 1. The molecule has 1 aliphatic heterocycles. The fourth-order valence-electron chi connectivity index (χ4n) is 2.58. The first-order valence-corrected chi connectivity index (χ1v) is 9.99. The molecule has 10 heteroatoms. The van der Waals surface area contributed by atoms with Crippen molar-refractivity contribution >= 4 is 38.8 Å². The Morgan fingerprint density at radius 2 is 1.96 bits per heavy atom. The highest BCUT2D eigenvalue weighted by atomic mass is 35.5. The molecule has 0 bridgehead atoms. The molecule has 1 aromatic heterocycles. The van der Waals surface area contributed by atoms with Gasteiger partial charge in [0.25, 0.3) is 0 Å². The van der Waals surface area contributed by atoms with Crippen LogP contribution < -0.4 is 11.1 Å². The molecule has 2 heterocycles. The number of hydrogen-bond donors (Lipinski definition) is 2. The maximum absolute atomic E-state index is 14.3. The third-order valence-electron chi connectivity index (χ3n) is 4.47. The monoisotopic (exact) mass is 414 g/mol. The summed E-state index contributed by atoms with van der Waals surface area (Å²) in [7, 11) is -3.67. The van der Waals surface area contributed by atoms with Crippen molar-refractivity contribution in [3.05, 3.63) is 52.7 Å². The van der Waals surface area contributed by atoms with E-state index in [4.69, 9.17) is 17.3 Å². The predicted octanol–water partition coefficient (Wildman–Crippen LogP) is 3.36. The van der Waals surface area contributed by atoms with E-state index in [-0.39, 0.29) is 28.1 Å². The first kappa shape index (κ1) is 19.5. The minimum Gasteiger partial charge on any atom is -0.386 e. The lowest BCUT2D eigenvalue weighted by Gasteiger charge is -2.31. The third kappa shape index (κ3) is 3.49. The zero-order valence-corrected chi connectivity index (χ0v) is 16.1. The molecule has 3 N–H and O–H groups in total. The van der Waals surface area contributed by atoms with E-state index in [1.807, 2.05) is 0 Å². The van der Waals surface area contributed by atoms with E-state index < -0.39 is 38.0 Å². The maximum atomic E-state index is 14.3. The van der Waals surface area contributed by atoms with Crippen LogP contribution in [0.4, 0.5) is 20.3 Å². The van der Waals surface area contributed by atoms with E-state index in [9.17, 15) is 17.2 Å². The molecular formula is C17H17ClF2N4O2S. The Morgan fingerprint density at radius 3 is 2.63 bits per heavy atom. The van der Waals surface area contributed by atoms with Crippen molar-refractivity contribution in [2.75, 3.05) is 11.1 Å². The van der Waals surface area contributed by atoms with Crippen molar-refractivity contribution < 1.29 is 17.2 Å². The Morgan fingerprint density at radius 1 is 1.26 bits per heavy atom. The summed E-state index contributed by atoms with van der Waals surface area (Å²) < 4.78 is 52.0. The molecule has 2 aromatic rings. The van der Waals surface area contributed by atoms with Crippen LogP contribution in [-0.4, -0.2) is 29.7 Å². The van der Waals surface area contributed by atoms with E-state index in [0.717, 1.165) is 6.07 Å². The number of sulfone groups is 1. The van der Waals surface area contributed by atoms with E-state index in [2.05, 4.69) is 15.3 Å². The lowest BCUT2D eigenvalue weighted by Crippen LogP contribution is -2.50. The molecule has 1 aliphatic rings. The number of aliphatic imine (C=N–C) groups is 1. The van der Waals surface area contributed by atoms with E-state index in [1.165, 1.54) is 32.0 Å². The van der Waals surface area contributed by atoms with Gasteiger partial charge in [-0.2, -0.15) is 0 Å². The van der Waals surface area contributed by atoms with Gasteiger partial charge >= 0.3 is 0 Å². The highest BCUT2D eigenvalue weighted by Crippen LogP contribution is 2.33. The van der Waals surface area contributed by atoms with Gasteiger partial charge in [0.2, 0.25) is 0 Å². The number of amidine groups is 1. The summed E-state index contributed by atoms with van der Waals surface area (Å²) in [5.41, 5.74) is 5.66. The standard InChI is InChI=1S/C17H17ClF2N4O2S/c1-17(2)16(21)23-12(8-27(17,25)26)15-10(19)6-7-13(24-15)22-11-5-3-4-9(18)14(11)20/h3-7,12H,8H2,1-2H3,(H2,21,23)(H,22,24)/t12-/m0/s1. The average Bonchev–Trinajstić information content (AvgIpc) is 2.58. The molecule has 0 aliphatic carbocycles. The Balaban J connectivity index is 2.00. The van der Waals surface area contributed by atoms with Crippen LogP contribution in [0, 0.1) is 11.6 Å². The van der Waals surface area contributed by atoms with Gasteiger partial charge in [-0.05, 0) is 38.1 Å². The van der Waals surface area contributed by atoms with Gasteiger partial charge in [-0.25, -0.2) is 22.2 Å². The van der Waals surface area contributed by atoms with Crippen LogP contribution in [0.2, 0.25) is 5.02 Å². The average molecular weight is 415 g/mol. The molecular weight excluding hydrogens is 398 g/mol. The van der Waals surface area contributed by atoms with Gasteiger partial charge in [0.15, 0.2) is 15.7 Å². The SMILES string of the molecule is CC1(C)C(N)=N[C@H](c2nc(Nc3cccc(Cl)c3F)ccc2F)CS1(=O)=O. The number of nitrogens with zero attached hydrogens (tertiary/aromatic N) is 2. The summed E-state index contributed by atoms with van der Waals surface area (Å²) in [6.45, 7) is 2.89. The first-order valence-electron chi connectivity index (χ1n) is 7.96. The quantitative estimate of drug-likeness (QED) is 0.802. The summed E-state index contributed by atoms with van der Waals surface area (Å²) in [4.78, 5) is 8.22. The topological polar surface area (TPSA) is 97.4 Å². The van der Waals surface area contributed by atoms with Crippen molar-refractivity contribution in [1.29, 1.82) is 0 Å². The smallest absolute Gasteiger partial charge is 0.165 e. The Hall–Kier alpha value is -2.26. The van der Waals surface area contributed by atoms with Gasteiger partial charge in [-0.3, -0.25) is 4.99 Å². The first-order chi connectivity index (χ1) is 12.5. The van der Waals surface area contributed by atoms with Crippen LogP contribution in [-0.2, 0) is 9.84 Å². The number of pyridine rings is 1. The van der Waals surface area contributed by atoms with Crippen LogP contribution in [0.15, 0.2) is 35.3 Å². The molecule has 0 amide bonds. The molecule has 1 atom stereocenters. The maximum Gasteiger partial charge on any atom is 0.165 e. The van der Waals surface area contributed by atoms with Gasteiger partial charge in [0.05, 0.1) is 16.5 Å². The van der Waals surface area contributed by atoms with Crippen molar-refractivity contribution in [2.24, 2.45) is 10.7 Å². The molecule has 0 saturated carbocycles. The van der Waals surface area contributed by atoms with Crippen molar-refractivity contribution in [2.45, 2.75) is 24.6 Å². The fraction of sp³-hybridized carbons (Fsp3) is 0.294. The Bertz CT molecular complexity index is 1040. The zero-order valence-electron chi connectivity index (χ0n) is 14.5. The van der Waals surface area contributed by atoms with Crippen molar-refractivity contribution in [3.63, 3.8) is 0 Å². The second-order valence-corrected chi connectivity index (χ2v) is 9.60. The van der Waals surface area contributed by atoms with E-state index >= 15 is 0 Å². The van der Waals surface area contributed by atoms with Crippen molar-refractivity contribution in [1.82, 2.24) is 4.98 Å². The van der Waals surface area contributed by atoms with E-state index in [0.29, 0.717) is 0 Å². The summed E-state index contributed by atoms with van der Waals surface area (Å²) in [6.07, 6.45) is 0. The summed E-state index contributed by atoms with van der Waals surface area (Å²) in [5, 5.41) is 2.62. The predicted molar refractivity (Wildman–Crippen MR) is 101 cm³/mol. The molecule has 27 heavy (non-hydrogen) atoms. The number of hydrogen-bond acceptors (Lipinski definition) is 6. The van der Waals surface area contributed by atoms with Crippen molar-refractivity contribution in [3.8, 4) is 0 Å². The molecule has 0 radical (unpaired) electrons. The van der Waals surface area contributed by atoms with Crippen LogP contribution in [0.25, 0.3) is 0 Å². The summed E-state index contributed by atoms with van der Waals surface area (Å²) in [6, 6.07) is 5.68. The fourth-order valence-corrected chi connectivity index (χ4v) is 4.19. The normalized spacial score (nSPS) is 20.8. The minimum absolute atomic E-state index is 0.0490. The van der Waals surface area contributed by atoms with Gasteiger partial charge in [0, 0.05) is 0 Å². The van der Waals surface area contributed by atoms with Gasteiger partial charge in [0.1, 0.15) is 34.0 Å². The van der Waals surface area contributed by atoms with Gasteiger partial charge < -0.3 is 11.1 Å². The van der Waals surface area contributed by atoms with E-state index in [1.54, 1.807) is 6.07 Å². The molecule has 1 aromatic carbocycles. The summed E-state index contributed by atoms with van der Waals surface area (Å²) >= 11 is 5.74. The lowest BCUT2D eigenvalue weighted by atomic mass is 10.1. The minimum atomic E-state index is -3.67. The van der Waals surface area contributed by atoms with Crippen LogP contribution in [0.3, 0.4) is 0 Å². The highest BCUT2D eigenvalue weighted by molar-refractivity contribution is 7.93. The number of anilines is 2. The molecule has 3 rings (SSSR count). The lowest BCUT2D eigenvalue weighted by molar-refractivity contribution is 0.545. The molecule has 0 fully saturated rings. The molecule has 0 saturated heterocycles. The number of rotatable bonds is 3.